The Hall–Kier alpha value is -1.91. The van der Waals surface area contributed by atoms with Crippen molar-refractivity contribution in [3.05, 3.63) is 35.6 Å². The molecule has 0 saturated carbocycles. The molecule has 1 N–H and O–H groups in total. The highest BCUT2D eigenvalue weighted by Crippen LogP contribution is 2.24. The van der Waals surface area contributed by atoms with Crippen LogP contribution in [0.4, 0.5) is 4.39 Å². The fourth-order valence-corrected chi connectivity index (χ4v) is 1.92. The van der Waals surface area contributed by atoms with Crippen molar-refractivity contribution in [2.75, 3.05) is 7.05 Å². The van der Waals surface area contributed by atoms with Crippen molar-refractivity contribution in [2.24, 2.45) is 5.41 Å². The monoisotopic (exact) mass is 267 g/mol. The maximum Gasteiger partial charge on any atom is 0.304 e. The van der Waals surface area contributed by atoms with E-state index in [1.807, 2.05) is 0 Å². The Morgan fingerprint density at radius 2 is 1.89 bits per heavy atom. The fraction of sp³-hybridized carbons (Fsp3) is 0.429. The summed E-state index contributed by atoms with van der Waals surface area (Å²) in [7, 11) is 1.54. The van der Waals surface area contributed by atoms with E-state index in [1.54, 1.807) is 39.1 Å². The lowest BCUT2D eigenvalue weighted by atomic mass is 9.87. The van der Waals surface area contributed by atoms with Gasteiger partial charge < -0.3 is 10.0 Å². The number of hydrogen-bond acceptors (Lipinski definition) is 2. The zero-order chi connectivity index (χ0) is 14.6. The van der Waals surface area contributed by atoms with Crippen LogP contribution in [0.5, 0.6) is 0 Å². The molecule has 0 radical (unpaired) electrons. The first-order chi connectivity index (χ1) is 8.74. The minimum Gasteiger partial charge on any atom is -0.481 e. The molecule has 0 aromatic heterocycles. The van der Waals surface area contributed by atoms with E-state index in [9.17, 15) is 14.0 Å². The summed E-state index contributed by atoms with van der Waals surface area (Å²) in [6, 6.07) is 6.20. The van der Waals surface area contributed by atoms with Crippen molar-refractivity contribution in [1.29, 1.82) is 0 Å². The second-order valence-corrected chi connectivity index (χ2v) is 5.21. The predicted octanol–water partition coefficient (Wildman–Crippen LogP) is 2.29. The van der Waals surface area contributed by atoms with Crippen molar-refractivity contribution in [3.63, 3.8) is 0 Å². The molecule has 1 rings (SSSR count). The molecule has 0 fully saturated rings. The Balaban J connectivity index is 2.78. The number of halogens is 1. The molecule has 4 nitrogen and oxygen atoms in total. The molecule has 0 atom stereocenters. The summed E-state index contributed by atoms with van der Waals surface area (Å²) in [4.78, 5) is 24.2. The maximum absolute atomic E-state index is 13.5. The molecule has 0 aliphatic carbocycles. The molecule has 1 amide bonds. The van der Waals surface area contributed by atoms with Gasteiger partial charge in [0.25, 0.3) is 0 Å². The molecular formula is C14H18FNO3. The van der Waals surface area contributed by atoms with Crippen LogP contribution in [0.1, 0.15) is 25.8 Å². The van der Waals surface area contributed by atoms with E-state index < -0.39 is 11.4 Å². The van der Waals surface area contributed by atoms with Crippen LogP contribution in [0.25, 0.3) is 0 Å². The van der Waals surface area contributed by atoms with Gasteiger partial charge in [-0.05, 0) is 6.07 Å². The number of amides is 1. The number of carbonyl (C=O) groups excluding carboxylic acids is 1. The molecule has 104 valence electrons. The highest BCUT2D eigenvalue weighted by atomic mass is 19.1. The van der Waals surface area contributed by atoms with E-state index in [4.69, 9.17) is 5.11 Å². The van der Waals surface area contributed by atoms with Gasteiger partial charge in [-0.2, -0.15) is 0 Å². The van der Waals surface area contributed by atoms with E-state index in [1.165, 1.54) is 11.0 Å². The molecule has 0 unspecified atom stereocenters. The summed E-state index contributed by atoms with van der Waals surface area (Å²) >= 11 is 0. The smallest absolute Gasteiger partial charge is 0.304 e. The largest absolute Gasteiger partial charge is 0.481 e. The van der Waals surface area contributed by atoms with Crippen molar-refractivity contribution in [2.45, 2.75) is 26.8 Å². The molecule has 1 aromatic carbocycles. The molecular weight excluding hydrogens is 249 g/mol. The molecule has 0 spiro atoms. The number of carbonyl (C=O) groups is 2. The van der Waals surface area contributed by atoms with Crippen LogP contribution in [0, 0.1) is 11.2 Å². The average molecular weight is 267 g/mol. The zero-order valence-corrected chi connectivity index (χ0v) is 11.3. The molecule has 1 aromatic rings. The van der Waals surface area contributed by atoms with Gasteiger partial charge in [0.2, 0.25) is 5.91 Å². The lowest BCUT2D eigenvalue weighted by Gasteiger charge is -2.28. The number of carboxylic acids is 1. The number of hydrogen-bond donors (Lipinski definition) is 1. The minimum atomic E-state index is -1.03. The van der Waals surface area contributed by atoms with Crippen LogP contribution in [0.2, 0.25) is 0 Å². The van der Waals surface area contributed by atoms with E-state index in [-0.39, 0.29) is 24.7 Å². The molecule has 0 bridgehead atoms. The first-order valence-electron chi connectivity index (χ1n) is 5.95. The van der Waals surface area contributed by atoms with Crippen molar-refractivity contribution < 1.29 is 19.1 Å². The van der Waals surface area contributed by atoms with Gasteiger partial charge in [-0.25, -0.2) is 4.39 Å². The average Bonchev–Trinajstić information content (AvgIpc) is 2.29. The Bertz CT molecular complexity index is 485. The Labute approximate surface area is 111 Å². The molecule has 0 saturated heterocycles. The Kier molecular flexibility index (Phi) is 4.64. The van der Waals surface area contributed by atoms with E-state index in [0.29, 0.717) is 5.56 Å². The maximum atomic E-state index is 13.5. The van der Waals surface area contributed by atoms with Gasteiger partial charge in [0, 0.05) is 19.2 Å². The van der Waals surface area contributed by atoms with E-state index in [0.717, 1.165) is 0 Å². The summed E-state index contributed by atoms with van der Waals surface area (Å²) in [5.74, 6) is -1.73. The van der Waals surface area contributed by atoms with Crippen molar-refractivity contribution >= 4 is 11.9 Å². The van der Waals surface area contributed by atoms with Gasteiger partial charge in [-0.3, -0.25) is 9.59 Å². The summed E-state index contributed by atoms with van der Waals surface area (Å²) in [6.07, 6.45) is -0.257. The summed E-state index contributed by atoms with van der Waals surface area (Å²) in [6.45, 7) is 3.26. The molecule has 0 aliphatic rings. The first kappa shape index (κ1) is 15.1. The predicted molar refractivity (Wildman–Crippen MR) is 68.9 cm³/mol. The SMILES string of the molecule is CN(Cc1ccccc1F)C(=O)C(C)(C)CC(=O)O. The summed E-state index contributed by atoms with van der Waals surface area (Å²) in [5, 5.41) is 8.78. The number of aliphatic carboxylic acids is 1. The third-order valence-corrected chi connectivity index (χ3v) is 2.88. The zero-order valence-electron chi connectivity index (χ0n) is 11.3. The normalized spacial score (nSPS) is 11.2. The van der Waals surface area contributed by atoms with Crippen LogP contribution in [-0.2, 0) is 16.1 Å². The Morgan fingerprint density at radius 3 is 2.42 bits per heavy atom. The second-order valence-electron chi connectivity index (χ2n) is 5.21. The Morgan fingerprint density at radius 1 is 1.32 bits per heavy atom. The number of benzene rings is 1. The van der Waals surface area contributed by atoms with Gasteiger partial charge in [-0.15, -0.1) is 0 Å². The highest BCUT2D eigenvalue weighted by molar-refractivity contribution is 5.86. The number of carboxylic acid groups (broad SMARTS) is 1. The minimum absolute atomic E-state index is 0.120. The van der Waals surface area contributed by atoms with Crippen LogP contribution >= 0.6 is 0 Å². The summed E-state index contributed by atoms with van der Waals surface area (Å²) in [5.41, 5.74) is -0.601. The van der Waals surface area contributed by atoms with Gasteiger partial charge in [0.15, 0.2) is 0 Å². The van der Waals surface area contributed by atoms with Crippen LogP contribution in [0.3, 0.4) is 0 Å². The topological polar surface area (TPSA) is 57.6 Å². The molecule has 19 heavy (non-hydrogen) atoms. The molecule has 0 heterocycles. The fourth-order valence-electron chi connectivity index (χ4n) is 1.92. The standard InChI is InChI=1S/C14H18FNO3/c1-14(2,8-12(17)18)13(19)16(3)9-10-6-4-5-7-11(10)15/h4-7H,8-9H2,1-3H3,(H,17,18). The quantitative estimate of drug-likeness (QED) is 0.890. The van der Waals surface area contributed by atoms with E-state index >= 15 is 0 Å². The molecule has 5 heteroatoms. The third kappa shape index (κ3) is 4.05. The van der Waals surface area contributed by atoms with E-state index in [2.05, 4.69) is 0 Å². The van der Waals surface area contributed by atoms with Crippen molar-refractivity contribution in [1.82, 2.24) is 4.90 Å². The van der Waals surface area contributed by atoms with Gasteiger partial charge in [-0.1, -0.05) is 32.0 Å². The highest BCUT2D eigenvalue weighted by Gasteiger charge is 2.33. The number of rotatable bonds is 5. The van der Waals surface area contributed by atoms with Crippen molar-refractivity contribution in [3.8, 4) is 0 Å². The van der Waals surface area contributed by atoms with Crippen LogP contribution in [0.15, 0.2) is 24.3 Å². The van der Waals surface area contributed by atoms with Crippen LogP contribution in [-0.4, -0.2) is 28.9 Å². The van der Waals surface area contributed by atoms with Gasteiger partial charge in [0.05, 0.1) is 11.8 Å². The summed E-state index contributed by atoms with van der Waals surface area (Å²) < 4.78 is 13.5. The van der Waals surface area contributed by atoms with Gasteiger partial charge >= 0.3 is 5.97 Å². The second kappa shape index (κ2) is 5.82. The lowest BCUT2D eigenvalue weighted by Crippen LogP contribution is -2.39. The third-order valence-electron chi connectivity index (χ3n) is 2.88. The molecule has 0 aliphatic heterocycles. The lowest BCUT2D eigenvalue weighted by molar-refractivity contribution is -0.148. The van der Waals surface area contributed by atoms with Gasteiger partial charge in [0.1, 0.15) is 5.82 Å². The van der Waals surface area contributed by atoms with Crippen LogP contribution < -0.4 is 0 Å². The first-order valence-corrected chi connectivity index (χ1v) is 5.95. The number of nitrogens with zero attached hydrogens (tertiary/aromatic N) is 1.